The molecule has 0 aliphatic heterocycles. The highest BCUT2D eigenvalue weighted by Gasteiger charge is 2.19. The number of ether oxygens (including phenoxy) is 3. The molecule has 0 spiro atoms. The predicted molar refractivity (Wildman–Crippen MR) is 348 cm³/mol. The molecule has 0 saturated heterocycles. The maximum atomic E-state index is 12.9. The number of carbonyl (C=O) groups is 3. The second-order valence-corrected chi connectivity index (χ2v) is 23.8. The van der Waals surface area contributed by atoms with E-state index in [-0.39, 0.29) is 31.1 Å². The Hall–Kier alpha value is -2.89. The smallest absolute Gasteiger partial charge is 0.306 e. The van der Waals surface area contributed by atoms with Gasteiger partial charge in [-0.2, -0.15) is 0 Å². The summed E-state index contributed by atoms with van der Waals surface area (Å²) in [6.07, 6.45) is 88.5. The van der Waals surface area contributed by atoms with Crippen LogP contribution in [0.2, 0.25) is 0 Å². The quantitative estimate of drug-likeness (QED) is 0.0261. The van der Waals surface area contributed by atoms with Crippen LogP contribution < -0.4 is 0 Å². The Morgan fingerprint density at radius 3 is 0.775 bits per heavy atom. The van der Waals surface area contributed by atoms with E-state index in [1.54, 1.807) is 0 Å². The molecule has 0 saturated carbocycles. The van der Waals surface area contributed by atoms with Crippen LogP contribution in [0.5, 0.6) is 0 Å². The molecule has 0 radical (unpaired) electrons. The summed E-state index contributed by atoms with van der Waals surface area (Å²) >= 11 is 0. The van der Waals surface area contributed by atoms with Gasteiger partial charge < -0.3 is 14.2 Å². The normalized spacial score (nSPS) is 12.4. The van der Waals surface area contributed by atoms with E-state index < -0.39 is 6.10 Å². The van der Waals surface area contributed by atoms with E-state index in [0.717, 1.165) is 83.5 Å². The number of carbonyl (C=O) groups excluding carboxylic acids is 3. The van der Waals surface area contributed by atoms with E-state index in [2.05, 4.69) is 81.5 Å². The standard InChI is InChI=1S/C74H134O6/c1-4-7-10-13-16-19-21-23-25-27-29-31-32-33-34-35-36-37-38-39-40-41-42-44-45-47-49-51-53-55-58-61-64-67-73(76)79-70-71(69-78-72(75)66-63-60-57-18-15-12-9-6-3)80-74(77)68-65-62-59-56-54-52-50-48-46-43-30-28-26-24-22-20-17-14-11-8-5-2/h7,10,16,19,23,25,28-31,71H,4-6,8-9,11-15,17-18,20-22,24,26-27,32-70H2,1-3H3/b10-7-,19-16-,25-23-,30-28-,31-29-. The van der Waals surface area contributed by atoms with Crippen molar-refractivity contribution in [3.05, 3.63) is 60.8 Å². The van der Waals surface area contributed by atoms with Crippen molar-refractivity contribution in [3.63, 3.8) is 0 Å². The molecule has 0 aromatic heterocycles. The second-order valence-electron chi connectivity index (χ2n) is 23.8. The number of hydrogen-bond acceptors (Lipinski definition) is 6. The fourth-order valence-corrected chi connectivity index (χ4v) is 10.5. The van der Waals surface area contributed by atoms with E-state index >= 15 is 0 Å². The molecule has 0 heterocycles. The minimum atomic E-state index is -0.770. The van der Waals surface area contributed by atoms with E-state index in [9.17, 15) is 14.4 Å². The lowest BCUT2D eigenvalue weighted by Gasteiger charge is -2.18. The Morgan fingerprint density at radius 1 is 0.263 bits per heavy atom. The van der Waals surface area contributed by atoms with Crippen LogP contribution in [0, 0.1) is 0 Å². The summed E-state index contributed by atoms with van der Waals surface area (Å²) in [6.45, 7) is 6.55. The Bertz CT molecular complexity index is 1430. The number of hydrogen-bond donors (Lipinski definition) is 0. The first-order valence-corrected chi connectivity index (χ1v) is 35.3. The lowest BCUT2D eigenvalue weighted by atomic mass is 10.0. The zero-order valence-corrected chi connectivity index (χ0v) is 53.6. The maximum absolute atomic E-state index is 12.9. The van der Waals surface area contributed by atoms with E-state index in [1.807, 2.05) is 0 Å². The lowest BCUT2D eigenvalue weighted by Crippen LogP contribution is -2.30. The number of rotatable bonds is 65. The third-order valence-corrected chi connectivity index (χ3v) is 15.8. The molecule has 0 bridgehead atoms. The van der Waals surface area contributed by atoms with Crippen molar-refractivity contribution < 1.29 is 28.6 Å². The summed E-state index contributed by atoms with van der Waals surface area (Å²) in [5, 5.41) is 0. The summed E-state index contributed by atoms with van der Waals surface area (Å²) < 4.78 is 16.9. The monoisotopic (exact) mass is 1120 g/mol. The van der Waals surface area contributed by atoms with Crippen LogP contribution in [0.15, 0.2) is 60.8 Å². The van der Waals surface area contributed by atoms with Gasteiger partial charge in [-0.1, -0.05) is 332 Å². The average molecular weight is 1120 g/mol. The number of unbranched alkanes of at least 4 members (excludes halogenated alkanes) is 44. The van der Waals surface area contributed by atoms with Gasteiger partial charge in [0.2, 0.25) is 0 Å². The van der Waals surface area contributed by atoms with Gasteiger partial charge in [0.25, 0.3) is 0 Å². The SMILES string of the molecule is CC/C=C\C/C=C\C/C=C\C/C=C\CCCCCCCCCCCCCCCCCCCCCCC(=O)OCC(COC(=O)CCCCCCCCCC)OC(=O)CCCCCCCCCCC/C=C\CCCCCCCCCC. The Balaban J connectivity index is 4.03. The highest BCUT2D eigenvalue weighted by Crippen LogP contribution is 2.18. The largest absolute Gasteiger partial charge is 0.462 e. The third-order valence-electron chi connectivity index (χ3n) is 15.8. The molecule has 1 atom stereocenters. The summed E-state index contributed by atoms with van der Waals surface area (Å²) in [5.41, 5.74) is 0. The van der Waals surface area contributed by atoms with Crippen LogP contribution in [0.25, 0.3) is 0 Å². The molecule has 0 N–H and O–H groups in total. The molecule has 0 amide bonds. The molecular formula is C74H134O6. The lowest BCUT2D eigenvalue weighted by molar-refractivity contribution is -0.167. The Labute approximate surface area is 498 Å². The Kier molecular flexibility index (Phi) is 66.1. The van der Waals surface area contributed by atoms with Crippen LogP contribution in [-0.2, 0) is 28.6 Å². The minimum Gasteiger partial charge on any atom is -0.462 e. The molecule has 6 heteroatoms. The van der Waals surface area contributed by atoms with Crippen molar-refractivity contribution in [1.29, 1.82) is 0 Å². The van der Waals surface area contributed by atoms with Gasteiger partial charge in [0.05, 0.1) is 0 Å². The van der Waals surface area contributed by atoms with Gasteiger partial charge in [-0.25, -0.2) is 0 Å². The first-order chi connectivity index (χ1) is 39.5. The topological polar surface area (TPSA) is 78.9 Å². The molecule has 0 fully saturated rings. The first kappa shape index (κ1) is 77.1. The fraction of sp³-hybridized carbons (Fsp3) is 0.824. The van der Waals surface area contributed by atoms with Gasteiger partial charge in [0.15, 0.2) is 6.10 Å². The van der Waals surface area contributed by atoms with Crippen molar-refractivity contribution in [2.24, 2.45) is 0 Å². The van der Waals surface area contributed by atoms with Crippen molar-refractivity contribution in [2.75, 3.05) is 13.2 Å². The fourth-order valence-electron chi connectivity index (χ4n) is 10.5. The van der Waals surface area contributed by atoms with E-state index in [1.165, 1.54) is 250 Å². The molecule has 6 nitrogen and oxygen atoms in total. The van der Waals surface area contributed by atoms with Crippen molar-refractivity contribution in [1.82, 2.24) is 0 Å². The highest BCUT2D eigenvalue weighted by atomic mass is 16.6. The molecule has 466 valence electrons. The molecule has 0 aromatic carbocycles. The van der Waals surface area contributed by atoms with Crippen LogP contribution in [0.1, 0.15) is 374 Å². The molecule has 1 unspecified atom stereocenters. The molecule has 80 heavy (non-hydrogen) atoms. The van der Waals surface area contributed by atoms with Gasteiger partial charge >= 0.3 is 17.9 Å². The van der Waals surface area contributed by atoms with Crippen molar-refractivity contribution >= 4 is 17.9 Å². The predicted octanol–water partition coefficient (Wildman–Crippen LogP) is 24.3. The summed E-state index contributed by atoms with van der Waals surface area (Å²) in [4.78, 5) is 38.2. The molecule has 0 aromatic rings. The number of allylic oxidation sites excluding steroid dienone is 10. The number of esters is 3. The summed E-state index contributed by atoms with van der Waals surface area (Å²) in [6, 6.07) is 0. The zero-order chi connectivity index (χ0) is 57.8. The maximum Gasteiger partial charge on any atom is 0.306 e. The van der Waals surface area contributed by atoms with E-state index in [4.69, 9.17) is 14.2 Å². The van der Waals surface area contributed by atoms with Gasteiger partial charge in [0.1, 0.15) is 13.2 Å². The average Bonchev–Trinajstić information content (AvgIpc) is 3.46. The van der Waals surface area contributed by atoms with Gasteiger partial charge in [-0.3, -0.25) is 14.4 Å². The minimum absolute atomic E-state index is 0.0689. The molecule has 0 aliphatic carbocycles. The first-order valence-electron chi connectivity index (χ1n) is 35.3. The van der Waals surface area contributed by atoms with Crippen LogP contribution in [0.4, 0.5) is 0 Å². The Morgan fingerprint density at radius 2 is 0.487 bits per heavy atom. The van der Waals surface area contributed by atoms with Gasteiger partial charge in [-0.05, 0) is 83.5 Å². The van der Waals surface area contributed by atoms with Gasteiger partial charge in [-0.15, -0.1) is 0 Å². The van der Waals surface area contributed by atoms with Crippen molar-refractivity contribution in [3.8, 4) is 0 Å². The second kappa shape index (κ2) is 68.6. The van der Waals surface area contributed by atoms with Crippen LogP contribution in [-0.4, -0.2) is 37.2 Å². The van der Waals surface area contributed by atoms with Crippen molar-refractivity contribution in [2.45, 2.75) is 380 Å². The molecule has 0 aliphatic rings. The zero-order valence-electron chi connectivity index (χ0n) is 53.6. The van der Waals surface area contributed by atoms with E-state index in [0.29, 0.717) is 19.3 Å². The summed E-state index contributed by atoms with van der Waals surface area (Å²) in [5.74, 6) is -0.852. The third kappa shape index (κ3) is 65.9. The molecular weight excluding hydrogens is 985 g/mol. The van der Waals surface area contributed by atoms with Gasteiger partial charge in [0, 0.05) is 19.3 Å². The molecule has 0 rings (SSSR count). The van der Waals surface area contributed by atoms with Crippen LogP contribution >= 0.6 is 0 Å². The summed E-state index contributed by atoms with van der Waals surface area (Å²) in [7, 11) is 0. The highest BCUT2D eigenvalue weighted by molar-refractivity contribution is 5.71. The van der Waals surface area contributed by atoms with Crippen LogP contribution in [0.3, 0.4) is 0 Å².